The summed E-state index contributed by atoms with van der Waals surface area (Å²) in [5.74, 6) is 1.70. The van der Waals surface area contributed by atoms with Gasteiger partial charge in [0.2, 0.25) is 0 Å². The summed E-state index contributed by atoms with van der Waals surface area (Å²) < 4.78 is 69.9. The topological polar surface area (TPSA) is 156 Å². The lowest BCUT2D eigenvalue weighted by atomic mass is 9.99. The van der Waals surface area contributed by atoms with Gasteiger partial charge in [0.15, 0.2) is 34.9 Å². The van der Waals surface area contributed by atoms with Crippen LogP contribution in [0.25, 0.3) is 44.7 Å². The molecule has 0 unspecified atom stereocenters. The van der Waals surface area contributed by atoms with Crippen molar-refractivity contribution in [1.82, 2.24) is 30.2 Å². The van der Waals surface area contributed by atoms with Crippen LogP contribution in [0.4, 0.5) is 20.4 Å². The van der Waals surface area contributed by atoms with E-state index in [4.69, 9.17) is 42.7 Å². The Labute approximate surface area is 346 Å². The molecule has 18 heteroatoms. The monoisotopic (exact) mass is 876 g/mol. The second kappa shape index (κ2) is 15.6. The molecule has 4 saturated heterocycles. The molecule has 4 aliphatic heterocycles. The smallest absolute Gasteiger partial charge is 0.261 e. The van der Waals surface area contributed by atoms with E-state index in [-0.39, 0.29) is 11.3 Å². The summed E-state index contributed by atoms with van der Waals surface area (Å²) in [6.07, 6.45) is 2.85. The van der Waals surface area contributed by atoms with Crippen LogP contribution >= 0.6 is 15.9 Å². The Hall–Kier alpha value is -4.88. The van der Waals surface area contributed by atoms with E-state index in [9.17, 15) is 8.78 Å². The van der Waals surface area contributed by atoms with Gasteiger partial charge in [-0.1, -0.05) is 26.2 Å². The van der Waals surface area contributed by atoms with Crippen molar-refractivity contribution in [2.75, 3.05) is 69.5 Å². The fourth-order valence-electron chi connectivity index (χ4n) is 8.44. The lowest BCUT2D eigenvalue weighted by molar-refractivity contribution is -0.169. The van der Waals surface area contributed by atoms with Crippen LogP contribution in [0.15, 0.2) is 37.8 Å². The van der Waals surface area contributed by atoms with Crippen molar-refractivity contribution in [3.8, 4) is 28.7 Å². The van der Waals surface area contributed by atoms with Gasteiger partial charge in [-0.2, -0.15) is 9.97 Å². The van der Waals surface area contributed by atoms with Crippen molar-refractivity contribution in [2.45, 2.75) is 65.0 Å². The number of pyridine rings is 2. The van der Waals surface area contributed by atoms with Crippen molar-refractivity contribution in [3.63, 3.8) is 0 Å². The van der Waals surface area contributed by atoms with E-state index in [1.54, 1.807) is 19.9 Å². The minimum atomic E-state index is -0.512. The number of benzene rings is 2. The van der Waals surface area contributed by atoms with Crippen molar-refractivity contribution < 1.29 is 41.5 Å². The fraction of sp³-hybridized carbons (Fsp3) is 0.463. The molecule has 0 atom stereocenters. The first-order chi connectivity index (χ1) is 28.4. The molecule has 0 N–H and O–H groups in total. The summed E-state index contributed by atoms with van der Waals surface area (Å²) in [5, 5.41) is 9.24. The Morgan fingerprint density at radius 2 is 1.03 bits per heavy atom. The Bertz CT molecular complexity index is 2540. The fourth-order valence-corrected chi connectivity index (χ4v) is 8.87. The number of rotatable bonds is 5. The number of hydrogen-bond donors (Lipinski definition) is 0. The SMILES string of the molecule is COc1cc(F)c2nc(N3CCC4(CC3)OCCO4)c(-c3nc(C)no3)c(C)c2c1.Cc1noc(-c2c(N3CCC4(CC3)OCCO4)nc3c(F)cc(Br)cc3c2C)n1. The zero-order chi connectivity index (χ0) is 41.1. The zero-order valence-electron chi connectivity index (χ0n) is 33.4. The highest BCUT2D eigenvalue weighted by atomic mass is 79.9. The molecule has 310 valence electrons. The van der Waals surface area contributed by atoms with E-state index in [2.05, 4.69) is 46.0 Å². The predicted octanol–water partition coefficient (Wildman–Crippen LogP) is 7.54. The van der Waals surface area contributed by atoms with E-state index in [1.807, 2.05) is 19.9 Å². The van der Waals surface area contributed by atoms with Gasteiger partial charge in [-0.15, -0.1) is 0 Å². The number of methoxy groups -OCH3 is 1. The number of hydrogen-bond acceptors (Lipinski definition) is 15. The molecule has 4 fully saturated rings. The molecule has 2 aromatic carbocycles. The van der Waals surface area contributed by atoms with Gasteiger partial charge in [0.05, 0.1) is 44.7 Å². The zero-order valence-corrected chi connectivity index (χ0v) is 35.0. The summed E-state index contributed by atoms with van der Waals surface area (Å²) >= 11 is 3.37. The van der Waals surface area contributed by atoms with Crippen LogP contribution in [0, 0.1) is 39.3 Å². The van der Waals surface area contributed by atoms with Crippen molar-refractivity contribution in [2.24, 2.45) is 0 Å². The van der Waals surface area contributed by atoms with Crippen LogP contribution in [-0.4, -0.2) is 102 Å². The lowest BCUT2D eigenvalue weighted by Gasteiger charge is -2.38. The van der Waals surface area contributed by atoms with Crippen molar-refractivity contribution in [1.29, 1.82) is 0 Å². The first-order valence-electron chi connectivity index (χ1n) is 19.6. The van der Waals surface area contributed by atoms with Gasteiger partial charge in [-0.05, 0) is 57.0 Å². The highest BCUT2D eigenvalue weighted by molar-refractivity contribution is 9.10. The molecule has 8 heterocycles. The number of anilines is 2. The number of fused-ring (bicyclic) bond motifs is 2. The standard InChI is InChI=1S/C21H23FN4O4.C20H20BrFN4O3/c1-12-15-10-14(27-3)11-16(22)18(15)24-19(17(12)20-23-13(2)25-30-20)26-6-4-21(5-7-26)28-8-9-29-21;1-11-14-9-13(21)10-15(22)17(14)24-18(16(11)19-23-12(2)25-29-19)26-5-3-20(4-6-26)27-7-8-28-20/h10-11H,4-9H2,1-3H3;9-10H,3-8H2,1-2H3. The van der Waals surface area contributed by atoms with Gasteiger partial charge < -0.3 is 42.5 Å². The molecule has 0 amide bonds. The quantitative estimate of drug-likeness (QED) is 0.167. The number of aryl methyl sites for hydroxylation is 4. The summed E-state index contributed by atoms with van der Waals surface area (Å²) in [6.45, 7) is 12.5. The number of piperidine rings is 2. The normalized spacial score (nSPS) is 18.6. The van der Waals surface area contributed by atoms with Crippen molar-refractivity contribution >= 4 is 49.4 Å². The molecule has 0 aliphatic carbocycles. The summed E-state index contributed by atoms with van der Waals surface area (Å²) in [6, 6.07) is 6.42. The van der Waals surface area contributed by atoms with Gasteiger partial charge in [0.25, 0.3) is 11.8 Å². The third-order valence-corrected chi connectivity index (χ3v) is 12.0. The average Bonchev–Trinajstić information content (AvgIpc) is 4.06. The molecule has 6 aromatic rings. The number of halogens is 3. The summed E-state index contributed by atoms with van der Waals surface area (Å²) in [5.41, 5.74) is 3.72. The van der Waals surface area contributed by atoms with Crippen LogP contribution in [0.1, 0.15) is 48.5 Å². The molecule has 4 aliphatic rings. The summed E-state index contributed by atoms with van der Waals surface area (Å²) in [7, 11) is 1.51. The van der Waals surface area contributed by atoms with E-state index < -0.39 is 17.4 Å². The first kappa shape index (κ1) is 39.6. The molecule has 15 nitrogen and oxygen atoms in total. The van der Waals surface area contributed by atoms with Gasteiger partial charge in [-0.25, -0.2) is 18.7 Å². The molecule has 0 radical (unpaired) electrons. The van der Waals surface area contributed by atoms with Gasteiger partial charge in [-0.3, -0.25) is 0 Å². The van der Waals surface area contributed by atoms with Crippen LogP contribution in [0.2, 0.25) is 0 Å². The Balaban J connectivity index is 0.000000152. The van der Waals surface area contributed by atoms with Crippen LogP contribution < -0.4 is 14.5 Å². The number of nitrogens with zero attached hydrogens (tertiary/aromatic N) is 8. The van der Waals surface area contributed by atoms with Crippen LogP contribution in [0.3, 0.4) is 0 Å². The second-order valence-corrected chi connectivity index (χ2v) is 16.1. The molecular formula is C41H43BrF2N8O7. The predicted molar refractivity (Wildman–Crippen MR) is 215 cm³/mol. The maximum absolute atomic E-state index is 14.9. The van der Waals surface area contributed by atoms with Crippen molar-refractivity contribution in [3.05, 3.63) is 63.1 Å². The molecular weight excluding hydrogens is 834 g/mol. The molecule has 0 saturated carbocycles. The Morgan fingerprint density at radius 3 is 1.44 bits per heavy atom. The van der Waals surface area contributed by atoms with E-state index in [0.717, 1.165) is 29.5 Å². The highest BCUT2D eigenvalue weighted by Gasteiger charge is 2.42. The summed E-state index contributed by atoms with van der Waals surface area (Å²) in [4.78, 5) is 22.5. The second-order valence-electron chi connectivity index (χ2n) is 15.1. The third-order valence-electron chi connectivity index (χ3n) is 11.5. The number of aromatic nitrogens is 6. The third kappa shape index (κ3) is 7.38. The molecule has 59 heavy (non-hydrogen) atoms. The Morgan fingerprint density at radius 1 is 0.610 bits per heavy atom. The first-order valence-corrected chi connectivity index (χ1v) is 20.4. The molecule has 2 spiro atoms. The van der Waals surface area contributed by atoms with Crippen LogP contribution in [-0.2, 0) is 18.9 Å². The highest BCUT2D eigenvalue weighted by Crippen LogP contribution is 2.43. The maximum Gasteiger partial charge on any atom is 0.261 e. The molecule has 0 bridgehead atoms. The van der Waals surface area contributed by atoms with Gasteiger partial charge in [0.1, 0.15) is 28.4 Å². The van der Waals surface area contributed by atoms with Gasteiger partial charge in [0, 0.05) is 73.2 Å². The average molecular weight is 878 g/mol. The maximum atomic E-state index is 14.9. The van der Waals surface area contributed by atoms with E-state index in [1.165, 1.54) is 19.2 Å². The minimum absolute atomic E-state index is 0.289. The largest absolute Gasteiger partial charge is 0.497 e. The van der Waals surface area contributed by atoms with E-state index in [0.29, 0.717) is 133 Å². The Kier molecular flexibility index (Phi) is 10.5. The minimum Gasteiger partial charge on any atom is -0.497 e. The van der Waals surface area contributed by atoms with Gasteiger partial charge >= 0.3 is 0 Å². The van der Waals surface area contributed by atoms with Crippen LogP contribution in [0.5, 0.6) is 5.75 Å². The molecule has 4 aromatic heterocycles. The molecule has 10 rings (SSSR count). The number of ether oxygens (including phenoxy) is 5. The van der Waals surface area contributed by atoms with E-state index >= 15 is 0 Å². The lowest BCUT2D eigenvalue weighted by Crippen LogP contribution is -2.45.